The first-order chi connectivity index (χ1) is 8.68. The average molecular weight is 250 g/mol. The number of hydrogen-bond acceptors (Lipinski definition) is 5. The Morgan fingerprint density at radius 3 is 3.06 bits per heavy atom. The normalized spacial score (nSPS) is 14.7. The van der Waals surface area contributed by atoms with Crippen LogP contribution in [0.25, 0.3) is 0 Å². The summed E-state index contributed by atoms with van der Waals surface area (Å²) in [5.74, 6) is 1.03. The molecule has 1 aliphatic heterocycles. The van der Waals surface area contributed by atoms with Crippen molar-refractivity contribution in [2.24, 2.45) is 0 Å². The van der Waals surface area contributed by atoms with E-state index >= 15 is 0 Å². The lowest BCUT2D eigenvalue weighted by Crippen LogP contribution is -2.31. The molecule has 1 aromatic rings. The summed E-state index contributed by atoms with van der Waals surface area (Å²) in [6, 6.07) is 0. The maximum atomic E-state index is 5.58. The molecule has 5 nitrogen and oxygen atoms in total. The molecule has 5 heteroatoms. The highest BCUT2D eigenvalue weighted by atomic mass is 16.5. The van der Waals surface area contributed by atoms with Gasteiger partial charge < -0.3 is 15.0 Å². The molecule has 0 saturated carbocycles. The lowest BCUT2D eigenvalue weighted by Gasteiger charge is -2.25. The van der Waals surface area contributed by atoms with Crippen LogP contribution in [0.15, 0.2) is 6.33 Å². The SMILES string of the molecule is CC(C)OCCN(C)c1ncnc2c1CNCC2. The van der Waals surface area contributed by atoms with Crippen LogP contribution in [0.4, 0.5) is 5.82 Å². The van der Waals surface area contributed by atoms with E-state index in [1.807, 2.05) is 0 Å². The molecule has 0 aromatic carbocycles. The number of nitrogens with one attached hydrogen (secondary N) is 1. The zero-order chi connectivity index (χ0) is 13.0. The number of rotatable bonds is 5. The smallest absolute Gasteiger partial charge is 0.136 e. The van der Waals surface area contributed by atoms with E-state index in [2.05, 4.69) is 41.1 Å². The van der Waals surface area contributed by atoms with Crippen molar-refractivity contribution in [1.82, 2.24) is 15.3 Å². The van der Waals surface area contributed by atoms with E-state index in [9.17, 15) is 0 Å². The molecule has 0 saturated heterocycles. The van der Waals surface area contributed by atoms with Gasteiger partial charge in [-0.2, -0.15) is 0 Å². The highest BCUT2D eigenvalue weighted by Crippen LogP contribution is 2.21. The summed E-state index contributed by atoms with van der Waals surface area (Å²) in [4.78, 5) is 10.9. The first-order valence-electron chi connectivity index (χ1n) is 6.54. The number of anilines is 1. The maximum Gasteiger partial charge on any atom is 0.136 e. The van der Waals surface area contributed by atoms with Crippen LogP contribution < -0.4 is 10.2 Å². The number of fused-ring (bicyclic) bond motifs is 1. The molecule has 0 unspecified atom stereocenters. The molecule has 100 valence electrons. The fourth-order valence-corrected chi connectivity index (χ4v) is 2.12. The average Bonchev–Trinajstić information content (AvgIpc) is 2.37. The number of likely N-dealkylation sites (N-methyl/N-ethyl adjacent to an activating group) is 1. The maximum absolute atomic E-state index is 5.58. The molecule has 0 spiro atoms. The second-order valence-corrected chi connectivity index (χ2v) is 4.89. The minimum Gasteiger partial charge on any atom is -0.377 e. The van der Waals surface area contributed by atoms with Gasteiger partial charge in [0.1, 0.15) is 12.1 Å². The Labute approximate surface area is 109 Å². The van der Waals surface area contributed by atoms with Crippen LogP contribution in [-0.4, -0.2) is 42.8 Å². The summed E-state index contributed by atoms with van der Waals surface area (Å²) in [6.07, 6.45) is 2.93. The molecule has 0 fully saturated rings. The van der Waals surface area contributed by atoms with Crippen LogP contribution in [0, 0.1) is 0 Å². The lowest BCUT2D eigenvalue weighted by atomic mass is 10.1. The molecule has 0 amide bonds. The number of aromatic nitrogens is 2. The van der Waals surface area contributed by atoms with E-state index in [1.54, 1.807) is 6.33 Å². The van der Waals surface area contributed by atoms with Crippen molar-refractivity contribution in [1.29, 1.82) is 0 Å². The molecule has 18 heavy (non-hydrogen) atoms. The van der Waals surface area contributed by atoms with Crippen molar-refractivity contribution in [2.75, 3.05) is 31.6 Å². The molecule has 2 heterocycles. The van der Waals surface area contributed by atoms with Crippen molar-refractivity contribution in [2.45, 2.75) is 32.9 Å². The fraction of sp³-hybridized carbons (Fsp3) is 0.692. The molecular formula is C13H22N4O. The van der Waals surface area contributed by atoms with Crippen LogP contribution in [-0.2, 0) is 17.7 Å². The van der Waals surface area contributed by atoms with Crippen molar-refractivity contribution < 1.29 is 4.74 Å². The van der Waals surface area contributed by atoms with Crippen LogP contribution in [0.1, 0.15) is 25.1 Å². The Morgan fingerprint density at radius 2 is 2.28 bits per heavy atom. The third-order valence-corrected chi connectivity index (χ3v) is 3.09. The highest BCUT2D eigenvalue weighted by molar-refractivity contribution is 5.48. The van der Waals surface area contributed by atoms with Crippen LogP contribution >= 0.6 is 0 Å². The molecule has 1 aliphatic rings. The third kappa shape index (κ3) is 3.17. The minimum absolute atomic E-state index is 0.277. The van der Waals surface area contributed by atoms with Gasteiger partial charge in [-0.15, -0.1) is 0 Å². The van der Waals surface area contributed by atoms with Gasteiger partial charge in [0.2, 0.25) is 0 Å². The van der Waals surface area contributed by atoms with E-state index in [1.165, 1.54) is 11.3 Å². The van der Waals surface area contributed by atoms with Gasteiger partial charge in [-0.05, 0) is 13.8 Å². The molecule has 0 bridgehead atoms. The predicted octanol–water partition coefficient (Wildman–Crippen LogP) is 0.984. The van der Waals surface area contributed by atoms with E-state index in [-0.39, 0.29) is 6.10 Å². The second-order valence-electron chi connectivity index (χ2n) is 4.89. The molecule has 0 atom stereocenters. The first-order valence-corrected chi connectivity index (χ1v) is 6.54. The number of ether oxygens (including phenoxy) is 1. The first kappa shape index (κ1) is 13.2. The number of nitrogens with zero attached hydrogens (tertiary/aromatic N) is 3. The van der Waals surface area contributed by atoms with Gasteiger partial charge in [0.25, 0.3) is 0 Å². The van der Waals surface area contributed by atoms with Gasteiger partial charge >= 0.3 is 0 Å². The van der Waals surface area contributed by atoms with Crippen molar-refractivity contribution in [3.8, 4) is 0 Å². The van der Waals surface area contributed by atoms with E-state index in [0.717, 1.165) is 38.5 Å². The Balaban J connectivity index is 2.03. The van der Waals surface area contributed by atoms with Gasteiger partial charge in [-0.1, -0.05) is 0 Å². The summed E-state index contributed by atoms with van der Waals surface area (Å²) in [7, 11) is 2.06. The standard InChI is InChI=1S/C13H22N4O/c1-10(2)18-7-6-17(3)13-11-8-14-5-4-12(11)15-9-16-13/h9-10,14H,4-8H2,1-3H3. The van der Waals surface area contributed by atoms with Gasteiger partial charge in [-0.3, -0.25) is 0 Å². The molecule has 1 aromatic heterocycles. The lowest BCUT2D eigenvalue weighted by molar-refractivity contribution is 0.0845. The van der Waals surface area contributed by atoms with Crippen LogP contribution in [0.2, 0.25) is 0 Å². The molecule has 1 N–H and O–H groups in total. The topological polar surface area (TPSA) is 50.3 Å². The summed E-state index contributed by atoms with van der Waals surface area (Å²) in [5, 5.41) is 3.37. The van der Waals surface area contributed by atoms with Gasteiger partial charge in [0.15, 0.2) is 0 Å². The quantitative estimate of drug-likeness (QED) is 0.844. The Hall–Kier alpha value is -1.20. The van der Waals surface area contributed by atoms with Crippen molar-refractivity contribution in [3.63, 3.8) is 0 Å². The Kier molecular flexibility index (Phi) is 4.49. The van der Waals surface area contributed by atoms with Crippen LogP contribution in [0.5, 0.6) is 0 Å². The summed E-state index contributed by atoms with van der Waals surface area (Å²) in [5.41, 5.74) is 2.41. The van der Waals surface area contributed by atoms with E-state index < -0.39 is 0 Å². The van der Waals surface area contributed by atoms with Gasteiger partial charge in [-0.25, -0.2) is 9.97 Å². The van der Waals surface area contributed by atoms with Crippen molar-refractivity contribution >= 4 is 5.82 Å². The Morgan fingerprint density at radius 1 is 1.44 bits per heavy atom. The zero-order valence-corrected chi connectivity index (χ0v) is 11.4. The van der Waals surface area contributed by atoms with E-state index in [0.29, 0.717) is 0 Å². The summed E-state index contributed by atoms with van der Waals surface area (Å²) in [6.45, 7) is 7.54. The molecule has 2 rings (SSSR count). The Bertz CT molecular complexity index is 395. The second kappa shape index (κ2) is 6.11. The summed E-state index contributed by atoms with van der Waals surface area (Å²) < 4.78 is 5.58. The summed E-state index contributed by atoms with van der Waals surface area (Å²) >= 11 is 0. The molecule has 0 aliphatic carbocycles. The zero-order valence-electron chi connectivity index (χ0n) is 11.4. The van der Waals surface area contributed by atoms with Gasteiger partial charge in [0.05, 0.1) is 18.4 Å². The predicted molar refractivity (Wildman–Crippen MR) is 71.8 cm³/mol. The largest absolute Gasteiger partial charge is 0.377 e. The molecular weight excluding hydrogens is 228 g/mol. The number of hydrogen-bond donors (Lipinski definition) is 1. The third-order valence-electron chi connectivity index (χ3n) is 3.09. The molecule has 0 radical (unpaired) electrons. The fourth-order valence-electron chi connectivity index (χ4n) is 2.12. The minimum atomic E-state index is 0.277. The highest BCUT2D eigenvalue weighted by Gasteiger charge is 2.17. The monoisotopic (exact) mass is 250 g/mol. The van der Waals surface area contributed by atoms with E-state index in [4.69, 9.17) is 4.74 Å². The van der Waals surface area contributed by atoms with Crippen molar-refractivity contribution in [3.05, 3.63) is 17.6 Å². The van der Waals surface area contributed by atoms with Crippen LogP contribution in [0.3, 0.4) is 0 Å². The van der Waals surface area contributed by atoms with Gasteiger partial charge in [0, 0.05) is 38.7 Å².